The molecule has 5 nitrogen and oxygen atoms in total. The number of likely N-dealkylation sites (N-methyl/N-ethyl adjacent to an activating group) is 1. The average Bonchev–Trinajstić information content (AvgIpc) is 3.02. The summed E-state index contributed by atoms with van der Waals surface area (Å²) in [5.74, 6) is -0.0124. The number of H-pyrrole nitrogens is 1. The van der Waals surface area contributed by atoms with Crippen LogP contribution in [0.15, 0.2) is 23.8 Å². The van der Waals surface area contributed by atoms with Crippen molar-refractivity contribution in [3.63, 3.8) is 0 Å². The van der Waals surface area contributed by atoms with Crippen LogP contribution in [0.25, 0.3) is 0 Å². The zero-order chi connectivity index (χ0) is 12.1. The number of hydrogen-bond acceptors (Lipinski definition) is 4. The quantitative estimate of drug-likeness (QED) is 0.876. The van der Waals surface area contributed by atoms with Gasteiger partial charge in [-0.3, -0.25) is 9.89 Å². The molecule has 0 fully saturated rings. The zero-order valence-electron chi connectivity index (χ0n) is 9.59. The third-order valence-electron chi connectivity index (χ3n) is 2.48. The molecule has 0 aliphatic carbocycles. The van der Waals surface area contributed by atoms with E-state index in [0.29, 0.717) is 18.8 Å². The SMILES string of the molecule is CCN(CCc1nccs1)C(=O)c1ccn[nH]1. The van der Waals surface area contributed by atoms with Gasteiger partial charge in [0.15, 0.2) is 0 Å². The van der Waals surface area contributed by atoms with Crippen molar-refractivity contribution in [2.45, 2.75) is 13.3 Å². The molecule has 1 N–H and O–H groups in total. The van der Waals surface area contributed by atoms with Crippen LogP contribution in [0.2, 0.25) is 0 Å². The Morgan fingerprint density at radius 1 is 1.53 bits per heavy atom. The van der Waals surface area contributed by atoms with Crippen LogP contribution in [0, 0.1) is 0 Å². The number of nitrogens with one attached hydrogen (secondary N) is 1. The van der Waals surface area contributed by atoms with Gasteiger partial charge >= 0.3 is 0 Å². The summed E-state index contributed by atoms with van der Waals surface area (Å²) in [5, 5.41) is 9.48. The number of nitrogens with zero attached hydrogens (tertiary/aromatic N) is 3. The summed E-state index contributed by atoms with van der Waals surface area (Å²) in [6, 6.07) is 1.69. The number of aromatic nitrogens is 3. The second kappa shape index (κ2) is 5.58. The van der Waals surface area contributed by atoms with Gasteiger partial charge in [-0.1, -0.05) is 0 Å². The fraction of sp³-hybridized carbons (Fsp3) is 0.364. The molecular weight excluding hydrogens is 236 g/mol. The smallest absolute Gasteiger partial charge is 0.271 e. The second-order valence-electron chi connectivity index (χ2n) is 3.53. The van der Waals surface area contributed by atoms with Crippen LogP contribution in [0.3, 0.4) is 0 Å². The summed E-state index contributed by atoms with van der Waals surface area (Å²) in [7, 11) is 0. The van der Waals surface area contributed by atoms with Gasteiger partial charge in [0, 0.05) is 37.3 Å². The molecule has 0 bridgehead atoms. The fourth-order valence-corrected chi connectivity index (χ4v) is 2.17. The molecule has 17 heavy (non-hydrogen) atoms. The number of rotatable bonds is 5. The Morgan fingerprint density at radius 3 is 3.00 bits per heavy atom. The first-order valence-electron chi connectivity index (χ1n) is 5.48. The maximum absolute atomic E-state index is 12.0. The summed E-state index contributed by atoms with van der Waals surface area (Å²) in [6.45, 7) is 3.33. The molecule has 90 valence electrons. The van der Waals surface area contributed by atoms with Gasteiger partial charge in [0.2, 0.25) is 0 Å². The molecular formula is C11H14N4OS. The number of amides is 1. The van der Waals surface area contributed by atoms with Gasteiger partial charge in [0.05, 0.1) is 5.01 Å². The highest BCUT2D eigenvalue weighted by molar-refractivity contribution is 7.09. The molecule has 0 radical (unpaired) electrons. The van der Waals surface area contributed by atoms with Crippen molar-refractivity contribution >= 4 is 17.2 Å². The van der Waals surface area contributed by atoms with E-state index >= 15 is 0 Å². The van der Waals surface area contributed by atoms with Crippen LogP contribution in [0.4, 0.5) is 0 Å². The van der Waals surface area contributed by atoms with E-state index in [1.54, 1.807) is 34.7 Å². The van der Waals surface area contributed by atoms with Crippen LogP contribution >= 0.6 is 11.3 Å². The molecule has 2 heterocycles. The molecule has 0 unspecified atom stereocenters. The number of aromatic amines is 1. The van der Waals surface area contributed by atoms with E-state index in [2.05, 4.69) is 15.2 Å². The van der Waals surface area contributed by atoms with Crippen molar-refractivity contribution in [3.05, 3.63) is 34.5 Å². The van der Waals surface area contributed by atoms with E-state index in [4.69, 9.17) is 0 Å². The van der Waals surface area contributed by atoms with E-state index < -0.39 is 0 Å². The first-order valence-corrected chi connectivity index (χ1v) is 6.36. The molecule has 0 saturated heterocycles. The molecule has 0 aliphatic heterocycles. The van der Waals surface area contributed by atoms with E-state index in [9.17, 15) is 4.79 Å². The van der Waals surface area contributed by atoms with Crippen LogP contribution in [0.1, 0.15) is 22.4 Å². The zero-order valence-corrected chi connectivity index (χ0v) is 10.4. The molecule has 2 aromatic heterocycles. The second-order valence-corrected chi connectivity index (χ2v) is 4.51. The van der Waals surface area contributed by atoms with Gasteiger partial charge in [0.1, 0.15) is 5.69 Å². The van der Waals surface area contributed by atoms with Gasteiger partial charge in [-0.2, -0.15) is 5.10 Å². The topological polar surface area (TPSA) is 61.9 Å². The lowest BCUT2D eigenvalue weighted by Gasteiger charge is -2.19. The highest BCUT2D eigenvalue weighted by Gasteiger charge is 2.15. The lowest BCUT2D eigenvalue weighted by molar-refractivity contribution is 0.0760. The highest BCUT2D eigenvalue weighted by atomic mass is 32.1. The van der Waals surface area contributed by atoms with Crippen LogP contribution in [-0.2, 0) is 6.42 Å². The van der Waals surface area contributed by atoms with Crippen molar-refractivity contribution in [1.82, 2.24) is 20.1 Å². The summed E-state index contributed by atoms with van der Waals surface area (Å²) in [6.07, 6.45) is 4.17. The molecule has 0 aromatic carbocycles. The van der Waals surface area contributed by atoms with Gasteiger partial charge < -0.3 is 4.90 Å². The first kappa shape index (κ1) is 11.8. The van der Waals surface area contributed by atoms with Crippen molar-refractivity contribution in [2.24, 2.45) is 0 Å². The van der Waals surface area contributed by atoms with E-state index in [1.165, 1.54) is 0 Å². The van der Waals surface area contributed by atoms with E-state index in [-0.39, 0.29) is 5.91 Å². The van der Waals surface area contributed by atoms with Crippen LogP contribution in [0.5, 0.6) is 0 Å². The Morgan fingerprint density at radius 2 is 2.41 bits per heavy atom. The molecule has 0 aliphatic rings. The Balaban J connectivity index is 1.95. The number of hydrogen-bond donors (Lipinski definition) is 1. The molecule has 1 amide bonds. The Bertz CT molecular complexity index is 452. The fourth-order valence-electron chi connectivity index (χ4n) is 1.56. The van der Waals surface area contributed by atoms with Crippen LogP contribution in [-0.4, -0.2) is 39.1 Å². The molecule has 0 saturated carbocycles. The summed E-state index contributed by atoms with van der Waals surface area (Å²) in [5.41, 5.74) is 0.533. The predicted octanol–water partition coefficient (Wildman–Crippen LogP) is 1.57. The lowest BCUT2D eigenvalue weighted by Crippen LogP contribution is -2.33. The first-order chi connectivity index (χ1) is 8.31. The van der Waals surface area contributed by atoms with Crippen LogP contribution < -0.4 is 0 Å². The third kappa shape index (κ3) is 2.91. The molecule has 0 atom stereocenters. The maximum Gasteiger partial charge on any atom is 0.271 e. The van der Waals surface area contributed by atoms with Gasteiger partial charge in [-0.25, -0.2) is 4.98 Å². The van der Waals surface area contributed by atoms with Gasteiger partial charge in [0.25, 0.3) is 5.91 Å². The minimum atomic E-state index is -0.0124. The van der Waals surface area contributed by atoms with E-state index in [0.717, 1.165) is 11.4 Å². The molecule has 6 heteroatoms. The lowest BCUT2D eigenvalue weighted by atomic mass is 10.3. The molecule has 0 spiro atoms. The summed E-state index contributed by atoms with van der Waals surface area (Å²) < 4.78 is 0. The highest BCUT2D eigenvalue weighted by Crippen LogP contribution is 2.07. The van der Waals surface area contributed by atoms with Gasteiger partial charge in [-0.05, 0) is 13.0 Å². The van der Waals surface area contributed by atoms with E-state index in [1.807, 2.05) is 12.3 Å². The number of carbonyl (C=O) groups excluding carboxylic acids is 1. The average molecular weight is 250 g/mol. The minimum Gasteiger partial charge on any atom is -0.337 e. The largest absolute Gasteiger partial charge is 0.337 e. The Kier molecular flexibility index (Phi) is 3.87. The van der Waals surface area contributed by atoms with Gasteiger partial charge in [-0.15, -0.1) is 11.3 Å². The standard InChI is InChI=1S/C11H14N4OS/c1-2-15(7-4-10-12-6-8-17-10)11(16)9-3-5-13-14-9/h3,5-6,8H,2,4,7H2,1H3,(H,13,14). The predicted molar refractivity (Wildman–Crippen MR) is 66.0 cm³/mol. The number of carbonyl (C=O) groups is 1. The summed E-state index contributed by atoms with van der Waals surface area (Å²) >= 11 is 1.62. The number of thiazole rings is 1. The van der Waals surface area contributed by atoms with Crippen molar-refractivity contribution in [1.29, 1.82) is 0 Å². The monoisotopic (exact) mass is 250 g/mol. The maximum atomic E-state index is 12.0. The van der Waals surface area contributed by atoms with Crippen molar-refractivity contribution in [3.8, 4) is 0 Å². The Labute approximate surface area is 103 Å². The normalized spacial score (nSPS) is 10.4. The molecule has 2 rings (SSSR count). The minimum absolute atomic E-state index is 0.0124. The van der Waals surface area contributed by atoms with Crippen molar-refractivity contribution < 1.29 is 4.79 Å². The van der Waals surface area contributed by atoms with Crippen molar-refractivity contribution in [2.75, 3.05) is 13.1 Å². The summed E-state index contributed by atoms with van der Waals surface area (Å²) in [4.78, 5) is 18.0. The third-order valence-corrected chi connectivity index (χ3v) is 3.32. The Hall–Kier alpha value is -1.69. The molecule has 2 aromatic rings.